The van der Waals surface area contributed by atoms with Gasteiger partial charge in [0.15, 0.2) is 0 Å². The summed E-state index contributed by atoms with van der Waals surface area (Å²) in [7, 11) is 1.63. The quantitative estimate of drug-likeness (QED) is 0.806. The molecular formula is C12H16O3. The normalized spacial score (nSPS) is 17.1. The number of fused-ring (bicyclic) bond motifs is 1. The van der Waals surface area contributed by atoms with Crippen molar-refractivity contribution in [2.75, 3.05) is 7.11 Å². The Bertz CT molecular complexity index is 383. The van der Waals surface area contributed by atoms with Crippen molar-refractivity contribution in [3.05, 3.63) is 23.3 Å². The Morgan fingerprint density at radius 3 is 2.80 bits per heavy atom. The van der Waals surface area contributed by atoms with Crippen molar-refractivity contribution in [2.45, 2.75) is 32.5 Å². The molecule has 1 heterocycles. The van der Waals surface area contributed by atoms with E-state index in [0.717, 1.165) is 29.0 Å². The molecule has 15 heavy (non-hydrogen) atoms. The molecule has 1 aliphatic rings. The Kier molecular flexibility index (Phi) is 2.35. The SMILES string of the molecule is COc1cc(CO)c2c(c1)CC(C)(C)O2. The fourth-order valence-electron chi connectivity index (χ4n) is 1.99. The van der Waals surface area contributed by atoms with Gasteiger partial charge in [-0.3, -0.25) is 0 Å². The van der Waals surface area contributed by atoms with Gasteiger partial charge in [-0.15, -0.1) is 0 Å². The van der Waals surface area contributed by atoms with Crippen LogP contribution in [0.2, 0.25) is 0 Å². The van der Waals surface area contributed by atoms with Crippen molar-refractivity contribution in [1.29, 1.82) is 0 Å². The summed E-state index contributed by atoms with van der Waals surface area (Å²) < 4.78 is 11.0. The Morgan fingerprint density at radius 1 is 1.47 bits per heavy atom. The third kappa shape index (κ3) is 1.79. The van der Waals surface area contributed by atoms with Gasteiger partial charge in [0.05, 0.1) is 13.7 Å². The van der Waals surface area contributed by atoms with Crippen LogP contribution < -0.4 is 9.47 Å². The van der Waals surface area contributed by atoms with Crippen LogP contribution >= 0.6 is 0 Å². The van der Waals surface area contributed by atoms with Gasteiger partial charge >= 0.3 is 0 Å². The van der Waals surface area contributed by atoms with Crippen molar-refractivity contribution in [1.82, 2.24) is 0 Å². The first-order valence-corrected chi connectivity index (χ1v) is 5.05. The molecule has 0 saturated carbocycles. The summed E-state index contributed by atoms with van der Waals surface area (Å²) in [5, 5.41) is 9.26. The number of methoxy groups -OCH3 is 1. The fourth-order valence-corrected chi connectivity index (χ4v) is 1.99. The van der Waals surface area contributed by atoms with Crippen LogP contribution in [-0.4, -0.2) is 17.8 Å². The Labute approximate surface area is 89.6 Å². The Morgan fingerprint density at radius 2 is 2.20 bits per heavy atom. The molecule has 82 valence electrons. The van der Waals surface area contributed by atoms with Crippen LogP contribution in [0.1, 0.15) is 25.0 Å². The lowest BCUT2D eigenvalue weighted by Crippen LogP contribution is -2.24. The molecule has 0 bridgehead atoms. The molecule has 0 aliphatic carbocycles. The molecule has 0 saturated heterocycles. The third-order valence-electron chi connectivity index (χ3n) is 2.62. The lowest BCUT2D eigenvalue weighted by atomic mass is 10.0. The maximum atomic E-state index is 9.26. The van der Waals surface area contributed by atoms with Gasteiger partial charge < -0.3 is 14.6 Å². The molecule has 2 rings (SSSR count). The minimum Gasteiger partial charge on any atom is -0.497 e. The first kappa shape index (κ1) is 10.3. The summed E-state index contributed by atoms with van der Waals surface area (Å²) in [6.07, 6.45) is 0.854. The van der Waals surface area contributed by atoms with Crippen LogP contribution in [0.4, 0.5) is 0 Å². The van der Waals surface area contributed by atoms with E-state index in [4.69, 9.17) is 9.47 Å². The second-order valence-corrected chi connectivity index (χ2v) is 4.47. The number of aliphatic hydroxyl groups excluding tert-OH is 1. The van der Waals surface area contributed by atoms with Crippen molar-refractivity contribution in [3.8, 4) is 11.5 Å². The monoisotopic (exact) mass is 208 g/mol. The number of aliphatic hydroxyl groups is 1. The van der Waals surface area contributed by atoms with E-state index < -0.39 is 0 Å². The van der Waals surface area contributed by atoms with E-state index in [9.17, 15) is 5.11 Å². The molecular weight excluding hydrogens is 192 g/mol. The predicted octanol–water partition coefficient (Wildman–Crippen LogP) is 1.90. The largest absolute Gasteiger partial charge is 0.497 e. The van der Waals surface area contributed by atoms with Crippen LogP contribution in [0.3, 0.4) is 0 Å². The van der Waals surface area contributed by atoms with Crippen LogP contribution in [0.25, 0.3) is 0 Å². The maximum Gasteiger partial charge on any atom is 0.129 e. The number of benzene rings is 1. The highest BCUT2D eigenvalue weighted by molar-refractivity contribution is 5.50. The highest BCUT2D eigenvalue weighted by Gasteiger charge is 2.32. The molecule has 3 nitrogen and oxygen atoms in total. The zero-order chi connectivity index (χ0) is 11.1. The number of rotatable bonds is 2. The molecule has 0 spiro atoms. The highest BCUT2D eigenvalue weighted by atomic mass is 16.5. The van der Waals surface area contributed by atoms with E-state index in [1.54, 1.807) is 7.11 Å². The van der Waals surface area contributed by atoms with Crippen molar-refractivity contribution >= 4 is 0 Å². The molecule has 1 aromatic carbocycles. The minimum absolute atomic E-state index is 0.0182. The molecule has 0 radical (unpaired) electrons. The standard InChI is InChI=1S/C12H16O3/c1-12(2)6-8-4-10(14-3)5-9(7-13)11(8)15-12/h4-5,13H,6-7H2,1-3H3. The average Bonchev–Trinajstić information content (AvgIpc) is 2.50. The Balaban J connectivity index is 2.48. The van der Waals surface area contributed by atoms with Crippen molar-refractivity contribution in [3.63, 3.8) is 0 Å². The summed E-state index contributed by atoms with van der Waals surface area (Å²) >= 11 is 0. The molecule has 1 aromatic rings. The van der Waals surface area contributed by atoms with Gasteiger partial charge in [-0.1, -0.05) is 0 Å². The van der Waals surface area contributed by atoms with Crippen molar-refractivity contribution in [2.24, 2.45) is 0 Å². The zero-order valence-electron chi connectivity index (χ0n) is 9.33. The van der Waals surface area contributed by atoms with Crippen molar-refractivity contribution < 1.29 is 14.6 Å². The average molecular weight is 208 g/mol. The van der Waals surface area contributed by atoms with E-state index in [1.807, 2.05) is 26.0 Å². The summed E-state index contributed by atoms with van der Waals surface area (Å²) in [5.41, 5.74) is 1.73. The van der Waals surface area contributed by atoms with Gasteiger partial charge in [0.2, 0.25) is 0 Å². The number of ether oxygens (including phenoxy) is 2. The molecule has 0 amide bonds. The molecule has 0 atom stereocenters. The van der Waals surface area contributed by atoms with Crippen LogP contribution in [0.5, 0.6) is 11.5 Å². The second kappa shape index (κ2) is 3.42. The predicted molar refractivity (Wildman–Crippen MR) is 57.3 cm³/mol. The van der Waals surface area contributed by atoms with Crippen LogP contribution in [0.15, 0.2) is 12.1 Å². The first-order valence-electron chi connectivity index (χ1n) is 5.05. The van der Waals surface area contributed by atoms with E-state index in [0.29, 0.717) is 0 Å². The van der Waals surface area contributed by atoms with Gasteiger partial charge in [-0.05, 0) is 26.0 Å². The van der Waals surface area contributed by atoms with E-state index >= 15 is 0 Å². The molecule has 0 unspecified atom stereocenters. The Hall–Kier alpha value is -1.22. The molecule has 1 aliphatic heterocycles. The lowest BCUT2D eigenvalue weighted by molar-refractivity contribution is 0.134. The fraction of sp³-hybridized carbons (Fsp3) is 0.500. The summed E-state index contributed by atoms with van der Waals surface area (Å²) in [6, 6.07) is 3.80. The van der Waals surface area contributed by atoms with Gasteiger partial charge in [-0.2, -0.15) is 0 Å². The van der Waals surface area contributed by atoms with Gasteiger partial charge in [0.25, 0.3) is 0 Å². The topological polar surface area (TPSA) is 38.7 Å². The minimum atomic E-state index is -0.182. The molecule has 0 fully saturated rings. The van der Waals surface area contributed by atoms with Crippen LogP contribution in [-0.2, 0) is 13.0 Å². The molecule has 1 N–H and O–H groups in total. The lowest BCUT2D eigenvalue weighted by Gasteiger charge is -2.17. The summed E-state index contributed by atoms with van der Waals surface area (Å²) in [5.74, 6) is 1.60. The van der Waals surface area contributed by atoms with E-state index in [2.05, 4.69) is 0 Å². The third-order valence-corrected chi connectivity index (χ3v) is 2.62. The zero-order valence-corrected chi connectivity index (χ0v) is 9.33. The van der Waals surface area contributed by atoms with E-state index in [1.165, 1.54) is 0 Å². The van der Waals surface area contributed by atoms with Crippen LogP contribution in [0, 0.1) is 0 Å². The number of hydrogen-bond acceptors (Lipinski definition) is 3. The highest BCUT2D eigenvalue weighted by Crippen LogP contribution is 2.40. The molecule has 0 aromatic heterocycles. The second-order valence-electron chi connectivity index (χ2n) is 4.47. The van der Waals surface area contributed by atoms with Gasteiger partial charge in [0.1, 0.15) is 17.1 Å². The summed E-state index contributed by atoms with van der Waals surface area (Å²) in [4.78, 5) is 0. The van der Waals surface area contributed by atoms with Gasteiger partial charge in [0, 0.05) is 17.5 Å². The number of hydrogen-bond donors (Lipinski definition) is 1. The van der Waals surface area contributed by atoms with E-state index in [-0.39, 0.29) is 12.2 Å². The van der Waals surface area contributed by atoms with Gasteiger partial charge in [-0.25, -0.2) is 0 Å². The smallest absolute Gasteiger partial charge is 0.129 e. The molecule has 3 heteroatoms. The first-order chi connectivity index (χ1) is 7.05. The summed E-state index contributed by atoms with van der Waals surface area (Å²) in [6.45, 7) is 4.07. The maximum absolute atomic E-state index is 9.26.